The molecule has 0 amide bonds. The van der Waals surface area contributed by atoms with Gasteiger partial charge in [0.1, 0.15) is 0 Å². The highest BCUT2D eigenvalue weighted by Gasteiger charge is 2.25. The van der Waals surface area contributed by atoms with E-state index in [1.54, 1.807) is 6.08 Å². The smallest absolute Gasteiger partial charge is 0.166 e. The number of carbonyl (C=O) groups excluding carboxylic acids is 1. The molecule has 0 radical (unpaired) electrons. The maximum absolute atomic E-state index is 12.6. The average Bonchev–Trinajstić information content (AvgIpc) is 2.68. The van der Waals surface area contributed by atoms with Gasteiger partial charge in [0.25, 0.3) is 0 Å². The van der Waals surface area contributed by atoms with Crippen LogP contribution in [0.3, 0.4) is 0 Å². The van der Waals surface area contributed by atoms with Gasteiger partial charge in [-0.2, -0.15) is 0 Å². The lowest BCUT2D eigenvalue weighted by atomic mass is 9.88. The Bertz CT molecular complexity index is 735. The van der Waals surface area contributed by atoms with Crippen LogP contribution in [0.25, 0.3) is 0 Å². The van der Waals surface area contributed by atoms with Crippen molar-refractivity contribution in [2.45, 2.75) is 40.0 Å². The second-order valence-corrected chi connectivity index (χ2v) is 7.27. The summed E-state index contributed by atoms with van der Waals surface area (Å²) in [5.41, 5.74) is 4.30. The number of aromatic nitrogens is 1. The predicted molar refractivity (Wildman–Crippen MR) is 115 cm³/mol. The molecule has 0 saturated carbocycles. The topological polar surface area (TPSA) is 33.2 Å². The van der Waals surface area contributed by atoms with Crippen LogP contribution in [-0.4, -0.2) is 35.3 Å². The van der Waals surface area contributed by atoms with Gasteiger partial charge in [0.05, 0.1) is 0 Å². The highest BCUT2D eigenvalue weighted by Crippen LogP contribution is 2.22. The van der Waals surface area contributed by atoms with Crippen LogP contribution in [0.5, 0.6) is 0 Å². The van der Waals surface area contributed by atoms with Crippen LogP contribution in [0.4, 0.5) is 0 Å². The summed E-state index contributed by atoms with van der Waals surface area (Å²) >= 11 is 0. The zero-order valence-electron chi connectivity index (χ0n) is 16.9. The number of hydrogen-bond donors (Lipinski definition) is 0. The summed E-state index contributed by atoms with van der Waals surface area (Å²) in [6.07, 6.45) is 4.67. The molecule has 1 fully saturated rings. The van der Waals surface area contributed by atoms with Crippen molar-refractivity contribution in [1.29, 1.82) is 0 Å². The molecule has 1 aliphatic heterocycles. The van der Waals surface area contributed by atoms with E-state index in [1.165, 1.54) is 5.56 Å². The van der Waals surface area contributed by atoms with Crippen LogP contribution in [0, 0.1) is 19.8 Å². The molecule has 0 spiro atoms. The molecule has 0 aliphatic carbocycles. The molecule has 1 saturated heterocycles. The van der Waals surface area contributed by atoms with Crippen molar-refractivity contribution >= 4 is 5.78 Å². The van der Waals surface area contributed by atoms with E-state index in [0.717, 1.165) is 55.8 Å². The van der Waals surface area contributed by atoms with Crippen molar-refractivity contribution in [3.8, 4) is 0 Å². The van der Waals surface area contributed by atoms with Crippen molar-refractivity contribution in [2.24, 2.45) is 5.92 Å². The molecule has 0 atom stereocenters. The molecule has 1 aliphatic rings. The predicted octanol–water partition coefficient (Wildman–Crippen LogP) is 5.27. The van der Waals surface area contributed by atoms with Gasteiger partial charge in [0.15, 0.2) is 5.78 Å². The van der Waals surface area contributed by atoms with Gasteiger partial charge >= 0.3 is 0 Å². The summed E-state index contributed by atoms with van der Waals surface area (Å²) < 4.78 is 0. The Morgan fingerprint density at radius 1 is 1.19 bits per heavy atom. The maximum atomic E-state index is 12.6. The van der Waals surface area contributed by atoms with E-state index in [4.69, 9.17) is 0 Å². The zero-order valence-corrected chi connectivity index (χ0v) is 16.9. The summed E-state index contributed by atoms with van der Waals surface area (Å²) in [5, 5.41) is 0. The molecule has 2 aromatic rings. The normalized spacial score (nSPS) is 14.9. The molecule has 27 heavy (non-hydrogen) atoms. The molecule has 1 aromatic carbocycles. The number of rotatable bonds is 5. The van der Waals surface area contributed by atoms with Crippen molar-refractivity contribution in [3.63, 3.8) is 0 Å². The van der Waals surface area contributed by atoms with E-state index >= 15 is 0 Å². The third kappa shape index (κ3) is 6.76. The van der Waals surface area contributed by atoms with E-state index in [-0.39, 0.29) is 7.34 Å². The number of hydrogen-bond acceptors (Lipinski definition) is 3. The van der Waals surface area contributed by atoms with E-state index in [2.05, 4.69) is 35.5 Å². The van der Waals surface area contributed by atoms with Crippen molar-refractivity contribution in [1.82, 2.24) is 9.88 Å². The quantitative estimate of drug-likeness (QED) is 0.533. The van der Waals surface area contributed by atoms with E-state index in [1.807, 2.05) is 44.2 Å². The lowest BCUT2D eigenvalue weighted by Gasteiger charge is -2.31. The molecule has 3 nitrogen and oxygen atoms in total. The van der Waals surface area contributed by atoms with Crippen LogP contribution in [-0.2, 0) is 6.42 Å². The molecule has 146 valence electrons. The van der Waals surface area contributed by atoms with Gasteiger partial charge in [-0.1, -0.05) is 42.0 Å². The second kappa shape index (κ2) is 10.8. The minimum Gasteiger partial charge on any atom is -0.303 e. The molecule has 0 unspecified atom stereocenters. The average molecular weight is 367 g/mol. The Kier molecular flexibility index (Phi) is 8.41. The molecule has 3 heteroatoms. The number of allylic oxidation sites excluding steroid dienone is 1. The van der Waals surface area contributed by atoms with Gasteiger partial charge in [-0.15, -0.1) is 6.58 Å². The summed E-state index contributed by atoms with van der Waals surface area (Å²) in [5.74, 6) is 0.496. The largest absolute Gasteiger partial charge is 0.303 e. The number of carbonyl (C=O) groups is 1. The summed E-state index contributed by atoms with van der Waals surface area (Å²) in [4.78, 5) is 19.6. The summed E-state index contributed by atoms with van der Waals surface area (Å²) in [6.45, 7) is 12.4. The van der Waals surface area contributed by atoms with Gasteiger partial charge in [0, 0.05) is 37.3 Å². The van der Waals surface area contributed by atoms with Gasteiger partial charge in [-0.3, -0.25) is 9.78 Å². The number of aryl methyl sites for hydroxylation is 2. The monoisotopic (exact) mass is 366 g/mol. The molecule has 0 N–H and O–H groups in total. The summed E-state index contributed by atoms with van der Waals surface area (Å²) in [7, 11) is 0. The molecular weight excluding hydrogens is 332 g/mol. The lowest BCUT2D eigenvalue weighted by Crippen LogP contribution is -2.37. The fraction of sp³-hybridized carbons (Fsp3) is 0.417. The Morgan fingerprint density at radius 2 is 1.81 bits per heavy atom. The Balaban J connectivity index is 0.000000921. The number of Topliss-reactive ketones (excluding diaryl/α,β-unsaturated/α-hetero) is 1. The molecule has 0 bridgehead atoms. The first-order valence-electron chi connectivity index (χ1n) is 9.86. The standard InChI is InChI=1S/C21H26N2O.C3H6.H2/c1-16-6-8-18(9-7-16)21(24)19-10-13-23(14-11-19)15-12-20-5-3-4-17(2)22-20;1-3-2;/h3-9,19H,10-15H2,1-2H3;3H,1H2,2H3;1H. The first-order chi connectivity index (χ1) is 13.0. The molecule has 1 aromatic heterocycles. The minimum atomic E-state index is 0. The molecule has 2 heterocycles. The fourth-order valence-electron chi connectivity index (χ4n) is 3.38. The highest BCUT2D eigenvalue weighted by atomic mass is 16.1. The number of benzene rings is 1. The number of pyridine rings is 1. The third-order valence-corrected chi connectivity index (χ3v) is 4.92. The number of ketones is 1. The first-order valence-corrected chi connectivity index (χ1v) is 9.86. The van der Waals surface area contributed by atoms with Crippen LogP contribution in [0.1, 0.15) is 48.5 Å². The van der Waals surface area contributed by atoms with E-state index in [9.17, 15) is 4.79 Å². The number of likely N-dealkylation sites (tertiary alicyclic amines) is 1. The zero-order chi connectivity index (χ0) is 19.6. The Labute approximate surface area is 165 Å². The maximum Gasteiger partial charge on any atom is 0.166 e. The Morgan fingerprint density at radius 3 is 2.41 bits per heavy atom. The van der Waals surface area contributed by atoms with Crippen LogP contribution in [0.2, 0.25) is 0 Å². The SMILES string of the molecule is C=CC.Cc1ccc(C(=O)C2CCN(CCc3cccc(C)n3)CC2)cc1.[HH]. The van der Waals surface area contributed by atoms with Gasteiger partial charge < -0.3 is 4.90 Å². The lowest BCUT2D eigenvalue weighted by molar-refractivity contribution is 0.0841. The van der Waals surface area contributed by atoms with E-state index in [0.29, 0.717) is 5.78 Å². The van der Waals surface area contributed by atoms with Crippen molar-refractivity contribution in [2.75, 3.05) is 19.6 Å². The van der Waals surface area contributed by atoms with Crippen molar-refractivity contribution in [3.05, 3.63) is 77.6 Å². The summed E-state index contributed by atoms with van der Waals surface area (Å²) in [6, 6.07) is 14.2. The molecule has 3 rings (SSSR count). The van der Waals surface area contributed by atoms with Crippen LogP contribution < -0.4 is 0 Å². The van der Waals surface area contributed by atoms with Gasteiger partial charge in [0.2, 0.25) is 0 Å². The van der Waals surface area contributed by atoms with Crippen LogP contribution in [0.15, 0.2) is 55.1 Å². The number of piperidine rings is 1. The van der Waals surface area contributed by atoms with E-state index < -0.39 is 0 Å². The molecular formula is C24H34N2O. The Hall–Kier alpha value is -2.26. The third-order valence-electron chi connectivity index (χ3n) is 4.92. The van der Waals surface area contributed by atoms with Crippen molar-refractivity contribution < 1.29 is 6.22 Å². The van der Waals surface area contributed by atoms with Gasteiger partial charge in [-0.25, -0.2) is 0 Å². The fourth-order valence-corrected chi connectivity index (χ4v) is 3.38. The minimum absolute atomic E-state index is 0. The van der Waals surface area contributed by atoms with Crippen LogP contribution >= 0.6 is 0 Å². The highest BCUT2D eigenvalue weighted by molar-refractivity contribution is 5.97. The number of nitrogens with zero attached hydrogens (tertiary/aromatic N) is 2. The second-order valence-electron chi connectivity index (χ2n) is 7.27. The first kappa shape index (κ1) is 21.0. The van der Waals surface area contributed by atoms with Gasteiger partial charge in [-0.05, 0) is 58.8 Å².